The molecule has 6 rings (SSSR count). The lowest BCUT2D eigenvalue weighted by Gasteiger charge is -2.40. The number of likely N-dealkylation sites (tertiary alicyclic amines) is 1. The summed E-state index contributed by atoms with van der Waals surface area (Å²) in [4.78, 5) is 60.5. The maximum absolute atomic E-state index is 15.3. The lowest BCUT2D eigenvalue weighted by atomic mass is 9.74. The molecule has 2 saturated heterocycles. The minimum absolute atomic E-state index is 0.0472. The van der Waals surface area contributed by atoms with Crippen LogP contribution < -0.4 is 10.2 Å². The summed E-state index contributed by atoms with van der Waals surface area (Å²) in [6.45, 7) is 7.65. The summed E-state index contributed by atoms with van der Waals surface area (Å²) in [5, 5.41) is 13.7. The Morgan fingerprint density at radius 3 is 2.53 bits per heavy atom. The summed E-state index contributed by atoms with van der Waals surface area (Å²) in [6.07, 6.45) is 5.12. The molecular formula is C38H44BrN3O7. The third kappa shape index (κ3) is 6.25. The molecular weight excluding hydrogens is 690 g/mol. The number of esters is 1. The summed E-state index contributed by atoms with van der Waals surface area (Å²) in [5.41, 5.74) is 1.70. The third-order valence-corrected chi connectivity index (χ3v) is 11.2. The lowest BCUT2D eigenvalue weighted by molar-refractivity contribution is -0.160. The summed E-state index contributed by atoms with van der Waals surface area (Å²) < 4.78 is 13.4. The summed E-state index contributed by atoms with van der Waals surface area (Å²) in [5.74, 6) is -3.98. The zero-order chi connectivity index (χ0) is 35.0. The van der Waals surface area contributed by atoms with Crippen molar-refractivity contribution in [2.75, 3.05) is 24.6 Å². The molecule has 2 aromatic rings. The van der Waals surface area contributed by atoms with Crippen molar-refractivity contribution < 1.29 is 33.8 Å². The molecule has 3 amide bonds. The van der Waals surface area contributed by atoms with Crippen molar-refractivity contribution in [2.45, 2.75) is 76.9 Å². The number of cyclic esters (lactones) is 1. The van der Waals surface area contributed by atoms with Gasteiger partial charge in [0.05, 0.1) is 25.1 Å². The first-order valence-corrected chi connectivity index (χ1v) is 17.9. The van der Waals surface area contributed by atoms with Gasteiger partial charge in [-0.15, -0.1) is 0 Å². The molecule has 8 atom stereocenters. The Labute approximate surface area is 295 Å². The number of ether oxygens (including phenoxy) is 2. The molecule has 2 fully saturated rings. The number of fused-ring (bicyclic) bond motifs is 2. The molecule has 4 aliphatic heterocycles. The van der Waals surface area contributed by atoms with E-state index in [0.29, 0.717) is 28.6 Å². The van der Waals surface area contributed by atoms with Gasteiger partial charge in [-0.25, -0.2) is 0 Å². The standard InChI is InChI=1S/C38H44BrN3O7/c1-5-23(3)28(21-43)42-34-36(46)41(27-18-22(2)15-16-24(27)4)17-11-7-10-14-30(44)40-20-29(25-12-8-6-9-13-25)48-37(47)31-32(35(42)45)38(34)19-26(39)33(31)49-38/h6-9,11-13,15-16,18-19,23,28-29,31-34,43H,5,10,14,17,20-21H2,1-4H3,(H,40,44)/b11-7-/t23-,28-,29+,31+,32-,33+,34+,38-/m0/s1. The number of carbonyl (C=O) groups is 4. The Hall–Kier alpha value is -3.80. The highest BCUT2D eigenvalue weighted by Gasteiger charge is 2.75. The van der Waals surface area contributed by atoms with Gasteiger partial charge in [-0.2, -0.15) is 0 Å². The van der Waals surface area contributed by atoms with Crippen LogP contribution >= 0.6 is 15.9 Å². The maximum atomic E-state index is 15.3. The first-order valence-electron chi connectivity index (χ1n) is 17.1. The lowest BCUT2D eigenvalue weighted by Crippen LogP contribution is -2.59. The molecule has 49 heavy (non-hydrogen) atoms. The second-order valence-electron chi connectivity index (χ2n) is 13.6. The number of aliphatic hydroxyl groups is 1. The number of anilines is 1. The van der Waals surface area contributed by atoms with Crippen LogP contribution in [0.1, 0.15) is 55.9 Å². The van der Waals surface area contributed by atoms with Crippen molar-refractivity contribution in [2.24, 2.45) is 17.8 Å². The molecule has 1 spiro atoms. The van der Waals surface area contributed by atoms with E-state index in [4.69, 9.17) is 9.47 Å². The van der Waals surface area contributed by atoms with Gasteiger partial charge in [-0.1, -0.05) is 90.8 Å². The Morgan fingerprint density at radius 1 is 1.06 bits per heavy atom. The minimum Gasteiger partial charge on any atom is -0.455 e. The van der Waals surface area contributed by atoms with Crippen LogP contribution in [0.2, 0.25) is 0 Å². The van der Waals surface area contributed by atoms with Gasteiger partial charge < -0.3 is 29.7 Å². The summed E-state index contributed by atoms with van der Waals surface area (Å²) >= 11 is 3.62. The number of aliphatic hydroxyl groups excluding tert-OH is 1. The van der Waals surface area contributed by atoms with Crippen LogP contribution in [0.5, 0.6) is 0 Å². The molecule has 4 heterocycles. The molecule has 0 unspecified atom stereocenters. The second-order valence-corrected chi connectivity index (χ2v) is 14.5. The van der Waals surface area contributed by atoms with Gasteiger partial charge in [0.15, 0.2) is 0 Å². The fourth-order valence-electron chi connectivity index (χ4n) is 7.76. The highest BCUT2D eigenvalue weighted by molar-refractivity contribution is 9.11. The third-order valence-electron chi connectivity index (χ3n) is 10.5. The van der Waals surface area contributed by atoms with Crippen LogP contribution in [0.25, 0.3) is 0 Å². The molecule has 5 bridgehead atoms. The molecule has 0 aliphatic carbocycles. The quantitative estimate of drug-likeness (QED) is 0.327. The van der Waals surface area contributed by atoms with Crippen LogP contribution in [-0.2, 0) is 28.7 Å². The predicted octanol–water partition coefficient (Wildman–Crippen LogP) is 4.67. The van der Waals surface area contributed by atoms with Gasteiger partial charge in [0.1, 0.15) is 29.8 Å². The minimum atomic E-state index is -1.49. The normalized spacial score (nSPS) is 30.8. The summed E-state index contributed by atoms with van der Waals surface area (Å²) in [6, 6.07) is 13.1. The summed E-state index contributed by atoms with van der Waals surface area (Å²) in [7, 11) is 0. The SMILES string of the molecule is CC[C@H](C)[C@H](CO)N1C(=O)[C@@H]2[C@H]3C(=O)O[C@@H](c4ccccc4)CNC(=O)CC/C=C\CN(c4cc(C)ccc4C)C(=O)[C@@H]1[C@]21C=C(Br)[C@H]3O1. The zero-order valence-corrected chi connectivity index (χ0v) is 29.9. The largest absolute Gasteiger partial charge is 0.455 e. The fourth-order valence-corrected chi connectivity index (χ4v) is 8.50. The Balaban J connectivity index is 1.51. The Morgan fingerprint density at radius 2 is 1.82 bits per heavy atom. The van der Waals surface area contributed by atoms with Gasteiger partial charge in [0.2, 0.25) is 11.8 Å². The van der Waals surface area contributed by atoms with Gasteiger partial charge in [0, 0.05) is 23.1 Å². The Bertz CT molecular complexity index is 1680. The number of rotatable bonds is 6. The Kier molecular flexibility index (Phi) is 10.2. The first kappa shape index (κ1) is 35.0. The van der Waals surface area contributed by atoms with Crippen LogP contribution in [0.3, 0.4) is 0 Å². The van der Waals surface area contributed by atoms with Gasteiger partial charge in [0.25, 0.3) is 5.91 Å². The van der Waals surface area contributed by atoms with Crippen LogP contribution in [0.15, 0.2) is 71.2 Å². The molecule has 0 aromatic heterocycles. The van der Waals surface area contributed by atoms with Crippen molar-refractivity contribution in [3.8, 4) is 0 Å². The molecule has 260 valence electrons. The number of amides is 3. The number of nitrogens with one attached hydrogen (secondary N) is 1. The molecule has 0 radical (unpaired) electrons. The number of hydrogen-bond acceptors (Lipinski definition) is 7. The molecule has 11 heteroatoms. The predicted molar refractivity (Wildman–Crippen MR) is 187 cm³/mol. The fraction of sp³-hybridized carbons (Fsp3) is 0.474. The number of benzene rings is 2. The van der Waals surface area contributed by atoms with E-state index in [9.17, 15) is 19.5 Å². The molecule has 4 aliphatic rings. The molecule has 2 N–H and O–H groups in total. The van der Waals surface area contributed by atoms with Crippen molar-refractivity contribution in [3.63, 3.8) is 0 Å². The number of nitrogens with zero attached hydrogens (tertiary/aromatic N) is 2. The number of hydrogen-bond donors (Lipinski definition) is 2. The van der Waals surface area contributed by atoms with E-state index >= 15 is 4.79 Å². The number of allylic oxidation sites excluding steroid dienone is 1. The highest BCUT2D eigenvalue weighted by atomic mass is 79.9. The van der Waals surface area contributed by atoms with E-state index in [1.165, 1.54) is 4.90 Å². The van der Waals surface area contributed by atoms with Gasteiger partial charge in [-0.3, -0.25) is 19.2 Å². The number of aryl methyl sites for hydroxylation is 2. The van der Waals surface area contributed by atoms with Crippen molar-refractivity contribution in [1.82, 2.24) is 10.2 Å². The zero-order valence-electron chi connectivity index (χ0n) is 28.3. The van der Waals surface area contributed by atoms with Crippen molar-refractivity contribution >= 4 is 45.3 Å². The van der Waals surface area contributed by atoms with E-state index < -0.39 is 53.6 Å². The maximum Gasteiger partial charge on any atom is 0.313 e. The number of carbonyl (C=O) groups excluding carboxylic acids is 4. The van der Waals surface area contributed by atoms with Crippen LogP contribution in [0, 0.1) is 31.6 Å². The van der Waals surface area contributed by atoms with E-state index in [1.54, 1.807) is 11.0 Å². The van der Waals surface area contributed by atoms with Gasteiger partial charge in [-0.05, 0) is 55.0 Å². The van der Waals surface area contributed by atoms with E-state index in [1.807, 2.05) is 88.4 Å². The van der Waals surface area contributed by atoms with Crippen LogP contribution in [0.4, 0.5) is 5.69 Å². The average Bonchev–Trinajstić information content (AvgIpc) is 3.69. The van der Waals surface area contributed by atoms with E-state index in [0.717, 1.165) is 11.1 Å². The van der Waals surface area contributed by atoms with E-state index in [2.05, 4.69) is 21.2 Å². The topological polar surface area (TPSA) is 125 Å². The van der Waals surface area contributed by atoms with E-state index in [-0.39, 0.29) is 43.8 Å². The number of halogens is 1. The monoisotopic (exact) mass is 733 g/mol. The second kappa shape index (κ2) is 14.2. The van der Waals surface area contributed by atoms with Crippen LogP contribution in [-0.4, -0.2) is 77.2 Å². The molecule has 0 saturated carbocycles. The smallest absolute Gasteiger partial charge is 0.313 e. The molecule has 10 nitrogen and oxygen atoms in total. The highest BCUT2D eigenvalue weighted by Crippen LogP contribution is 2.59. The van der Waals surface area contributed by atoms with Crippen molar-refractivity contribution in [1.29, 1.82) is 0 Å². The van der Waals surface area contributed by atoms with Crippen molar-refractivity contribution in [3.05, 3.63) is 87.9 Å². The van der Waals surface area contributed by atoms with Gasteiger partial charge >= 0.3 is 5.97 Å². The average molecular weight is 735 g/mol. The first-order chi connectivity index (χ1) is 23.5. The molecule has 2 aromatic carbocycles.